The van der Waals surface area contributed by atoms with E-state index in [2.05, 4.69) is 39.6 Å². The number of carbonyl (C=O) groups excluding carboxylic acids is 1. The van der Waals surface area contributed by atoms with Crippen LogP contribution in [0.5, 0.6) is 0 Å². The number of para-hydroxylation sites is 2. The van der Waals surface area contributed by atoms with Crippen molar-refractivity contribution in [1.29, 1.82) is 0 Å². The normalized spacial score (nSPS) is 17.3. The van der Waals surface area contributed by atoms with Gasteiger partial charge in [-0.05, 0) is 64.7 Å². The molecule has 1 amide bonds. The Morgan fingerprint density at radius 3 is 2.65 bits per heavy atom. The average molecular weight is 459 g/mol. The van der Waals surface area contributed by atoms with Crippen LogP contribution in [-0.4, -0.2) is 48.6 Å². The highest BCUT2D eigenvalue weighted by Gasteiger charge is 2.31. The lowest BCUT2D eigenvalue weighted by Crippen LogP contribution is -2.39. The fourth-order valence-electron chi connectivity index (χ4n) is 4.96. The summed E-state index contributed by atoms with van der Waals surface area (Å²) in [6.45, 7) is 14.0. The number of likely N-dealkylation sites (tertiary alicyclic amines) is 1. The number of pyridine rings is 1. The summed E-state index contributed by atoms with van der Waals surface area (Å²) < 4.78 is 1.97. The van der Waals surface area contributed by atoms with Crippen LogP contribution in [0.15, 0.2) is 30.3 Å². The topological polar surface area (TPSA) is 79.7 Å². The number of nitrogens with zero attached hydrogens (tertiary/aromatic N) is 5. The van der Waals surface area contributed by atoms with Crippen molar-refractivity contribution in [3.8, 4) is 0 Å². The van der Waals surface area contributed by atoms with E-state index in [-0.39, 0.29) is 23.3 Å². The number of H-pyrrole nitrogens is 1. The van der Waals surface area contributed by atoms with Crippen molar-refractivity contribution in [3.05, 3.63) is 53.1 Å². The Kier molecular flexibility index (Phi) is 5.46. The molecular formula is C27H34N6O. The van der Waals surface area contributed by atoms with E-state index in [0.717, 1.165) is 58.7 Å². The number of fused-ring (bicyclic) bond motifs is 2. The van der Waals surface area contributed by atoms with Crippen LogP contribution in [0, 0.1) is 6.92 Å². The van der Waals surface area contributed by atoms with Crippen molar-refractivity contribution >= 4 is 28.0 Å². The lowest BCUT2D eigenvalue weighted by molar-refractivity contribution is 0.0706. The number of aromatic nitrogens is 5. The third-order valence-electron chi connectivity index (χ3n) is 6.79. The first-order valence-electron chi connectivity index (χ1n) is 12.3. The molecule has 1 saturated heterocycles. The Balaban J connectivity index is 1.54. The molecule has 7 heteroatoms. The van der Waals surface area contributed by atoms with Gasteiger partial charge in [0.2, 0.25) is 0 Å². The second kappa shape index (κ2) is 8.22. The fourth-order valence-corrected chi connectivity index (χ4v) is 4.96. The number of hydrogen-bond donors (Lipinski definition) is 1. The maximum absolute atomic E-state index is 14.0. The van der Waals surface area contributed by atoms with Gasteiger partial charge in [0.1, 0.15) is 5.82 Å². The zero-order chi connectivity index (χ0) is 24.2. The van der Waals surface area contributed by atoms with E-state index in [1.54, 1.807) is 0 Å². The highest BCUT2D eigenvalue weighted by atomic mass is 16.2. The van der Waals surface area contributed by atoms with Crippen molar-refractivity contribution in [2.45, 2.75) is 71.8 Å². The zero-order valence-corrected chi connectivity index (χ0v) is 21.0. The Bertz CT molecular complexity index is 1340. The minimum atomic E-state index is -0.229. The number of rotatable bonds is 3. The van der Waals surface area contributed by atoms with Crippen LogP contribution in [0.2, 0.25) is 0 Å². The van der Waals surface area contributed by atoms with Gasteiger partial charge < -0.3 is 9.88 Å². The third kappa shape index (κ3) is 3.87. The number of imidazole rings is 1. The molecule has 34 heavy (non-hydrogen) atoms. The van der Waals surface area contributed by atoms with Crippen molar-refractivity contribution < 1.29 is 4.79 Å². The summed E-state index contributed by atoms with van der Waals surface area (Å²) in [5.41, 5.74) is 5.07. The minimum Gasteiger partial charge on any atom is -0.342 e. The molecule has 1 atom stereocenters. The smallest absolute Gasteiger partial charge is 0.254 e. The molecule has 3 aromatic heterocycles. The number of hydrogen-bond acceptors (Lipinski definition) is 4. The number of aromatic amines is 1. The van der Waals surface area contributed by atoms with Crippen LogP contribution in [0.25, 0.3) is 22.1 Å². The molecule has 4 aromatic rings. The van der Waals surface area contributed by atoms with Gasteiger partial charge in [0.15, 0.2) is 5.65 Å². The van der Waals surface area contributed by atoms with Gasteiger partial charge in [0.05, 0.1) is 33.2 Å². The summed E-state index contributed by atoms with van der Waals surface area (Å²) in [5.74, 6) is 1.44. The second-order valence-electron chi connectivity index (χ2n) is 10.8. The number of amides is 1. The summed E-state index contributed by atoms with van der Waals surface area (Å²) in [7, 11) is 0. The van der Waals surface area contributed by atoms with Gasteiger partial charge in [-0.3, -0.25) is 4.79 Å². The Morgan fingerprint density at radius 1 is 1.18 bits per heavy atom. The van der Waals surface area contributed by atoms with E-state index < -0.39 is 0 Å². The van der Waals surface area contributed by atoms with Gasteiger partial charge in [0, 0.05) is 24.7 Å². The number of aryl methyl sites for hydroxylation is 1. The third-order valence-corrected chi connectivity index (χ3v) is 6.79. The van der Waals surface area contributed by atoms with Gasteiger partial charge in [-0.1, -0.05) is 26.0 Å². The lowest BCUT2D eigenvalue weighted by Gasteiger charge is -2.32. The molecule has 5 rings (SSSR count). The number of nitrogens with one attached hydrogen (secondary N) is 1. The molecule has 1 aliphatic rings. The summed E-state index contributed by atoms with van der Waals surface area (Å²) in [5, 5.41) is 5.68. The number of carbonyl (C=O) groups is 1. The molecule has 0 bridgehead atoms. The van der Waals surface area contributed by atoms with E-state index in [9.17, 15) is 4.79 Å². The molecule has 178 valence electrons. The van der Waals surface area contributed by atoms with Crippen molar-refractivity contribution in [1.82, 2.24) is 29.6 Å². The molecule has 0 saturated carbocycles. The van der Waals surface area contributed by atoms with E-state index in [1.807, 2.05) is 46.8 Å². The standard InChI is InChI=1S/C27H34N6O/c1-16(2)22-14-19(23-17(3)31-33(25(23)30-22)27(4,5)6)26(34)32-13-9-10-18(15-32)24-28-20-11-7-8-12-21(20)29-24/h7-8,11-12,14,16,18H,9-10,13,15H2,1-6H3,(H,28,29). The predicted molar refractivity (Wildman–Crippen MR) is 135 cm³/mol. The summed E-state index contributed by atoms with van der Waals surface area (Å²) in [4.78, 5) is 29.2. The van der Waals surface area contributed by atoms with Crippen LogP contribution in [-0.2, 0) is 5.54 Å². The van der Waals surface area contributed by atoms with Crippen molar-refractivity contribution in [2.75, 3.05) is 13.1 Å². The van der Waals surface area contributed by atoms with E-state index >= 15 is 0 Å². The molecule has 1 fully saturated rings. The predicted octanol–water partition coefficient (Wildman–Crippen LogP) is 5.51. The van der Waals surface area contributed by atoms with Crippen LogP contribution in [0.4, 0.5) is 0 Å². The van der Waals surface area contributed by atoms with Crippen LogP contribution >= 0.6 is 0 Å². The Hall–Kier alpha value is -3.22. The zero-order valence-electron chi connectivity index (χ0n) is 21.0. The van der Waals surface area contributed by atoms with Gasteiger partial charge in [-0.2, -0.15) is 5.10 Å². The quantitative estimate of drug-likeness (QED) is 0.439. The first kappa shape index (κ1) is 22.6. The molecule has 1 N–H and O–H groups in total. The summed E-state index contributed by atoms with van der Waals surface area (Å²) in [6.07, 6.45) is 1.98. The average Bonchev–Trinajstić information content (AvgIpc) is 3.39. The molecule has 1 aromatic carbocycles. The van der Waals surface area contributed by atoms with Gasteiger partial charge in [-0.25, -0.2) is 14.6 Å². The maximum atomic E-state index is 14.0. The van der Waals surface area contributed by atoms with Crippen LogP contribution < -0.4 is 0 Å². The highest BCUT2D eigenvalue weighted by Crippen LogP contribution is 2.32. The molecule has 0 spiro atoms. The molecular weight excluding hydrogens is 424 g/mol. The Morgan fingerprint density at radius 2 is 1.94 bits per heavy atom. The van der Waals surface area contributed by atoms with Crippen LogP contribution in [0.3, 0.4) is 0 Å². The summed E-state index contributed by atoms with van der Waals surface area (Å²) in [6, 6.07) is 10.1. The highest BCUT2D eigenvalue weighted by molar-refractivity contribution is 6.06. The monoisotopic (exact) mass is 458 g/mol. The molecule has 0 aliphatic carbocycles. The lowest BCUT2D eigenvalue weighted by atomic mass is 9.96. The largest absolute Gasteiger partial charge is 0.342 e. The summed E-state index contributed by atoms with van der Waals surface area (Å²) >= 11 is 0. The van der Waals surface area contributed by atoms with Crippen LogP contribution in [0.1, 0.15) is 86.9 Å². The van der Waals surface area contributed by atoms with E-state index in [0.29, 0.717) is 12.1 Å². The SMILES string of the molecule is Cc1nn(C(C)(C)C)c2nc(C(C)C)cc(C(=O)N3CCCC(c4nc5ccccc5[nH]4)C3)c12. The first-order valence-corrected chi connectivity index (χ1v) is 12.3. The molecule has 1 unspecified atom stereocenters. The number of benzene rings is 1. The molecule has 1 aliphatic heterocycles. The first-order chi connectivity index (χ1) is 16.1. The van der Waals surface area contributed by atoms with Gasteiger partial charge in [-0.15, -0.1) is 0 Å². The van der Waals surface area contributed by atoms with Gasteiger partial charge >= 0.3 is 0 Å². The van der Waals surface area contributed by atoms with Crippen molar-refractivity contribution in [2.24, 2.45) is 0 Å². The second-order valence-corrected chi connectivity index (χ2v) is 10.8. The molecule has 7 nitrogen and oxygen atoms in total. The van der Waals surface area contributed by atoms with Crippen molar-refractivity contribution in [3.63, 3.8) is 0 Å². The molecule has 4 heterocycles. The Labute approximate surface area is 200 Å². The minimum absolute atomic E-state index is 0.0617. The van der Waals surface area contributed by atoms with E-state index in [4.69, 9.17) is 15.1 Å². The van der Waals surface area contributed by atoms with Gasteiger partial charge in [0.25, 0.3) is 5.91 Å². The number of piperidine rings is 1. The molecule has 0 radical (unpaired) electrons. The van der Waals surface area contributed by atoms with E-state index in [1.165, 1.54) is 0 Å². The fraction of sp³-hybridized carbons (Fsp3) is 0.481. The maximum Gasteiger partial charge on any atom is 0.254 e.